The number of aryl methyl sites for hydroxylation is 2. The monoisotopic (exact) mass is 239 g/mol. The van der Waals surface area contributed by atoms with Crippen LogP contribution in [0.2, 0.25) is 0 Å². The summed E-state index contributed by atoms with van der Waals surface area (Å²) in [6.07, 6.45) is 2.12. The van der Waals surface area contributed by atoms with Crippen LogP contribution in [0.25, 0.3) is 0 Å². The highest BCUT2D eigenvalue weighted by Gasteiger charge is 1.99. The topological polar surface area (TPSA) is 26.0 Å². The molecule has 1 aromatic carbocycles. The summed E-state index contributed by atoms with van der Waals surface area (Å²) in [5.41, 5.74) is 9.60. The fourth-order valence-corrected chi connectivity index (χ4v) is 1.05. The number of benzene rings is 1. The van der Waals surface area contributed by atoms with Crippen LogP contribution in [0.1, 0.15) is 43.5 Å². The van der Waals surface area contributed by atoms with Crippen molar-refractivity contribution in [3.8, 4) is 0 Å². The van der Waals surface area contributed by atoms with Crippen molar-refractivity contribution in [1.82, 2.24) is 0 Å². The van der Waals surface area contributed by atoms with Gasteiger partial charge in [0.2, 0.25) is 0 Å². The Bertz CT molecular complexity index is 306. The molecular weight excluding hydrogens is 214 g/mol. The van der Waals surface area contributed by atoms with Crippen LogP contribution in [0.4, 0.5) is 0 Å². The number of hydrogen-bond acceptors (Lipinski definition) is 2. The minimum Gasteiger partial charge on any atom is -0.324 e. The van der Waals surface area contributed by atoms with Gasteiger partial charge < -0.3 is 5.73 Å². The number of thioether (sulfide) groups is 1. The Labute approximate surface area is 105 Å². The Balaban J connectivity index is 0.000000385. The van der Waals surface area contributed by atoms with E-state index in [1.54, 1.807) is 0 Å². The Kier molecular flexibility index (Phi) is 7.52. The molecular formula is C14H25NS. The van der Waals surface area contributed by atoms with Crippen molar-refractivity contribution in [2.24, 2.45) is 5.73 Å². The molecule has 0 aromatic heterocycles. The zero-order chi connectivity index (χ0) is 12.7. The van der Waals surface area contributed by atoms with Crippen LogP contribution >= 0.6 is 11.8 Å². The third kappa shape index (κ3) is 6.19. The van der Waals surface area contributed by atoms with E-state index >= 15 is 0 Å². The summed E-state index contributed by atoms with van der Waals surface area (Å²) in [6.45, 7) is 10.6. The van der Waals surface area contributed by atoms with Crippen LogP contribution in [-0.2, 0) is 0 Å². The van der Waals surface area contributed by atoms with E-state index in [1.807, 2.05) is 18.7 Å². The van der Waals surface area contributed by atoms with Gasteiger partial charge in [0, 0.05) is 6.04 Å². The van der Waals surface area contributed by atoms with Crippen molar-refractivity contribution >= 4 is 11.8 Å². The molecule has 1 unspecified atom stereocenters. The van der Waals surface area contributed by atoms with Crippen molar-refractivity contribution in [1.29, 1.82) is 0 Å². The fraction of sp³-hybridized carbons (Fsp3) is 0.571. The highest BCUT2D eigenvalue weighted by Crippen LogP contribution is 2.14. The van der Waals surface area contributed by atoms with E-state index in [-0.39, 0.29) is 6.04 Å². The van der Waals surface area contributed by atoms with Gasteiger partial charge in [-0.05, 0) is 49.0 Å². The van der Waals surface area contributed by atoms with E-state index in [4.69, 9.17) is 5.73 Å². The fourth-order valence-electron chi connectivity index (χ4n) is 1.05. The van der Waals surface area contributed by atoms with Crippen molar-refractivity contribution < 1.29 is 0 Å². The van der Waals surface area contributed by atoms with Gasteiger partial charge in [-0.15, -0.1) is 0 Å². The van der Waals surface area contributed by atoms with Gasteiger partial charge >= 0.3 is 0 Å². The average Bonchev–Trinajstić information content (AvgIpc) is 2.22. The molecule has 0 saturated carbocycles. The standard InChI is InChI=1S/C10H15N.C4H10S/c1-7-4-5-10(9(3)11)6-8(7)2;1-4(2)5-3/h4-6,9H,11H2,1-3H3;4H,1-3H3. The third-order valence-electron chi connectivity index (χ3n) is 2.53. The van der Waals surface area contributed by atoms with E-state index in [9.17, 15) is 0 Å². The lowest BCUT2D eigenvalue weighted by Crippen LogP contribution is -2.05. The van der Waals surface area contributed by atoms with Crippen LogP contribution in [0.5, 0.6) is 0 Å². The molecule has 2 N–H and O–H groups in total. The minimum absolute atomic E-state index is 0.147. The first kappa shape index (κ1) is 15.5. The van der Waals surface area contributed by atoms with Crippen molar-refractivity contribution in [2.45, 2.75) is 45.9 Å². The normalized spacial score (nSPS) is 12.0. The summed E-state index contributed by atoms with van der Waals surface area (Å²) < 4.78 is 0. The highest BCUT2D eigenvalue weighted by atomic mass is 32.2. The van der Waals surface area contributed by atoms with Crippen molar-refractivity contribution in [2.75, 3.05) is 6.26 Å². The summed E-state index contributed by atoms with van der Waals surface area (Å²) in [4.78, 5) is 0. The van der Waals surface area contributed by atoms with E-state index in [0.29, 0.717) is 0 Å². The zero-order valence-corrected chi connectivity index (χ0v) is 12.2. The van der Waals surface area contributed by atoms with E-state index < -0.39 is 0 Å². The first-order chi connectivity index (χ1) is 7.38. The van der Waals surface area contributed by atoms with Gasteiger partial charge in [0.1, 0.15) is 0 Å². The lowest BCUT2D eigenvalue weighted by atomic mass is 10.0. The summed E-state index contributed by atoms with van der Waals surface area (Å²) >= 11 is 1.88. The van der Waals surface area contributed by atoms with Crippen molar-refractivity contribution in [3.63, 3.8) is 0 Å². The first-order valence-electron chi connectivity index (χ1n) is 5.74. The lowest BCUT2D eigenvalue weighted by Gasteiger charge is -2.07. The second kappa shape index (κ2) is 7.75. The molecule has 0 saturated heterocycles. The van der Waals surface area contributed by atoms with E-state index in [0.717, 1.165) is 5.25 Å². The summed E-state index contributed by atoms with van der Waals surface area (Å²) in [7, 11) is 0. The first-order valence-corrected chi connectivity index (χ1v) is 7.02. The van der Waals surface area contributed by atoms with Crippen LogP contribution in [0.15, 0.2) is 18.2 Å². The smallest absolute Gasteiger partial charge is 0.0266 e. The number of hydrogen-bond donors (Lipinski definition) is 1. The summed E-state index contributed by atoms with van der Waals surface area (Å²) in [5.74, 6) is 0. The molecule has 0 amide bonds. The Morgan fingerprint density at radius 3 is 1.88 bits per heavy atom. The van der Waals surface area contributed by atoms with Gasteiger partial charge in [-0.3, -0.25) is 0 Å². The molecule has 0 aliphatic carbocycles. The van der Waals surface area contributed by atoms with Crippen LogP contribution < -0.4 is 5.73 Å². The largest absolute Gasteiger partial charge is 0.324 e. The number of rotatable bonds is 2. The SMILES string of the molecule is CSC(C)C.Cc1ccc(C(C)N)cc1C. The second-order valence-electron chi connectivity index (χ2n) is 4.42. The Morgan fingerprint density at radius 2 is 1.56 bits per heavy atom. The molecule has 92 valence electrons. The van der Waals surface area contributed by atoms with Crippen molar-refractivity contribution in [3.05, 3.63) is 34.9 Å². The quantitative estimate of drug-likeness (QED) is 0.841. The van der Waals surface area contributed by atoms with Gasteiger partial charge in [-0.25, -0.2) is 0 Å². The zero-order valence-electron chi connectivity index (χ0n) is 11.4. The highest BCUT2D eigenvalue weighted by molar-refractivity contribution is 7.99. The molecule has 0 fully saturated rings. The Morgan fingerprint density at radius 1 is 1.06 bits per heavy atom. The molecule has 0 aliphatic heterocycles. The molecule has 0 bridgehead atoms. The minimum atomic E-state index is 0.147. The van der Waals surface area contributed by atoms with Gasteiger partial charge in [0.25, 0.3) is 0 Å². The molecule has 0 radical (unpaired) electrons. The molecule has 1 atom stereocenters. The van der Waals surface area contributed by atoms with Gasteiger partial charge in [0.15, 0.2) is 0 Å². The maximum absolute atomic E-state index is 5.73. The van der Waals surface area contributed by atoms with Gasteiger partial charge in [-0.2, -0.15) is 11.8 Å². The molecule has 0 heterocycles. The molecule has 2 heteroatoms. The molecule has 1 rings (SSSR count). The summed E-state index contributed by atoms with van der Waals surface area (Å²) in [6, 6.07) is 6.51. The maximum Gasteiger partial charge on any atom is 0.0266 e. The third-order valence-corrected chi connectivity index (χ3v) is 3.47. The van der Waals surface area contributed by atoms with Crippen LogP contribution in [0, 0.1) is 13.8 Å². The number of nitrogens with two attached hydrogens (primary N) is 1. The lowest BCUT2D eigenvalue weighted by molar-refractivity contribution is 0.816. The molecule has 0 aliphatic rings. The maximum atomic E-state index is 5.73. The molecule has 16 heavy (non-hydrogen) atoms. The summed E-state index contributed by atoms with van der Waals surface area (Å²) in [5, 5.41) is 0.801. The predicted octanol–water partition coefficient (Wildman–Crippen LogP) is 4.08. The molecule has 0 spiro atoms. The second-order valence-corrected chi connectivity index (χ2v) is 5.83. The Hall–Kier alpha value is -0.470. The molecule has 1 nitrogen and oxygen atoms in total. The van der Waals surface area contributed by atoms with E-state index in [1.165, 1.54) is 16.7 Å². The van der Waals surface area contributed by atoms with Crippen LogP contribution in [-0.4, -0.2) is 11.5 Å². The van der Waals surface area contributed by atoms with Crippen LogP contribution in [0.3, 0.4) is 0 Å². The van der Waals surface area contributed by atoms with E-state index in [2.05, 4.69) is 52.1 Å². The van der Waals surface area contributed by atoms with Gasteiger partial charge in [0.05, 0.1) is 0 Å². The molecule has 1 aromatic rings. The predicted molar refractivity (Wildman–Crippen MR) is 77.2 cm³/mol. The average molecular weight is 239 g/mol. The van der Waals surface area contributed by atoms with Gasteiger partial charge in [-0.1, -0.05) is 32.0 Å².